The average molecular weight is 245 g/mol. The Bertz CT molecular complexity index is 767. The summed E-state index contributed by atoms with van der Waals surface area (Å²) in [5.41, 5.74) is 2.29. The van der Waals surface area contributed by atoms with Crippen molar-refractivity contribution in [3.05, 3.63) is 66.5 Å². The molecule has 0 aliphatic heterocycles. The van der Waals surface area contributed by atoms with E-state index in [9.17, 15) is 0 Å². The molecule has 2 aromatic carbocycles. The van der Waals surface area contributed by atoms with Crippen LogP contribution in [-0.2, 0) is 0 Å². The highest BCUT2D eigenvalue weighted by atomic mass is 14.9. The molecule has 1 N–H and O–H groups in total. The number of rotatable bonds is 2. The van der Waals surface area contributed by atoms with E-state index in [2.05, 4.69) is 28.5 Å². The molecule has 0 saturated carbocycles. The van der Waals surface area contributed by atoms with Crippen LogP contribution in [0.25, 0.3) is 10.8 Å². The minimum absolute atomic E-state index is 0.408. The van der Waals surface area contributed by atoms with Gasteiger partial charge in [0.2, 0.25) is 0 Å². The molecule has 0 spiro atoms. The molecule has 3 aromatic rings. The van der Waals surface area contributed by atoms with Gasteiger partial charge in [-0.2, -0.15) is 5.26 Å². The monoisotopic (exact) mass is 245 g/mol. The SMILES string of the molecule is N#Cc1cc(Nc2cccc3ccccc23)ccn1. The first-order valence-corrected chi connectivity index (χ1v) is 5.98. The van der Waals surface area contributed by atoms with Crippen molar-refractivity contribution in [1.82, 2.24) is 4.98 Å². The van der Waals surface area contributed by atoms with Gasteiger partial charge >= 0.3 is 0 Å². The Morgan fingerprint density at radius 2 is 1.84 bits per heavy atom. The van der Waals surface area contributed by atoms with E-state index in [1.165, 1.54) is 5.39 Å². The van der Waals surface area contributed by atoms with Gasteiger partial charge in [0.05, 0.1) is 0 Å². The summed E-state index contributed by atoms with van der Waals surface area (Å²) in [6, 6.07) is 19.9. The van der Waals surface area contributed by atoms with Crippen molar-refractivity contribution in [2.45, 2.75) is 0 Å². The van der Waals surface area contributed by atoms with Crippen molar-refractivity contribution in [2.24, 2.45) is 0 Å². The van der Waals surface area contributed by atoms with Gasteiger partial charge in [0, 0.05) is 23.0 Å². The van der Waals surface area contributed by atoms with Crippen molar-refractivity contribution in [1.29, 1.82) is 5.26 Å². The van der Waals surface area contributed by atoms with E-state index < -0.39 is 0 Å². The van der Waals surface area contributed by atoms with Crippen molar-refractivity contribution in [3.8, 4) is 6.07 Å². The maximum absolute atomic E-state index is 8.86. The number of pyridine rings is 1. The number of fused-ring (bicyclic) bond motifs is 1. The van der Waals surface area contributed by atoms with Crippen molar-refractivity contribution in [3.63, 3.8) is 0 Å². The molecule has 0 radical (unpaired) electrons. The lowest BCUT2D eigenvalue weighted by molar-refractivity contribution is 1.26. The fraction of sp³-hybridized carbons (Fsp3) is 0. The molecule has 0 aliphatic carbocycles. The molecule has 3 nitrogen and oxygen atoms in total. The van der Waals surface area contributed by atoms with E-state index in [1.54, 1.807) is 12.3 Å². The largest absolute Gasteiger partial charge is 0.355 e. The molecule has 0 saturated heterocycles. The summed E-state index contributed by atoms with van der Waals surface area (Å²) in [4.78, 5) is 3.96. The smallest absolute Gasteiger partial charge is 0.142 e. The second-order valence-corrected chi connectivity index (χ2v) is 4.19. The first-order chi connectivity index (χ1) is 9.36. The second kappa shape index (κ2) is 4.79. The zero-order valence-corrected chi connectivity index (χ0v) is 10.2. The van der Waals surface area contributed by atoms with Gasteiger partial charge in [0.1, 0.15) is 11.8 Å². The molecule has 0 unspecified atom stereocenters. The van der Waals surface area contributed by atoms with Crippen molar-refractivity contribution >= 4 is 22.1 Å². The Labute approximate surface area is 111 Å². The highest BCUT2D eigenvalue weighted by Crippen LogP contribution is 2.26. The van der Waals surface area contributed by atoms with Gasteiger partial charge in [-0.25, -0.2) is 4.98 Å². The van der Waals surface area contributed by atoms with E-state index in [4.69, 9.17) is 5.26 Å². The normalized spacial score (nSPS) is 10.1. The first kappa shape index (κ1) is 11.2. The minimum atomic E-state index is 0.408. The molecule has 1 aromatic heterocycles. The molecular formula is C16H11N3. The molecule has 19 heavy (non-hydrogen) atoms. The lowest BCUT2D eigenvalue weighted by Crippen LogP contribution is -1.93. The summed E-state index contributed by atoms with van der Waals surface area (Å²) in [5.74, 6) is 0. The molecule has 0 bridgehead atoms. The van der Waals surface area contributed by atoms with Crippen LogP contribution in [0, 0.1) is 11.3 Å². The van der Waals surface area contributed by atoms with Gasteiger partial charge in [0.15, 0.2) is 0 Å². The first-order valence-electron chi connectivity index (χ1n) is 5.98. The standard InChI is InChI=1S/C16H11N3/c17-11-14-10-13(8-9-18-14)19-16-7-3-5-12-4-1-2-6-15(12)16/h1-10H,(H,18,19). The molecule has 0 amide bonds. The molecule has 3 rings (SSSR count). The number of nitriles is 1. The van der Waals surface area contributed by atoms with Gasteiger partial charge in [-0.15, -0.1) is 0 Å². The highest BCUT2D eigenvalue weighted by molar-refractivity contribution is 5.95. The van der Waals surface area contributed by atoms with Crippen LogP contribution in [0.5, 0.6) is 0 Å². The van der Waals surface area contributed by atoms with Crippen LogP contribution in [0.3, 0.4) is 0 Å². The van der Waals surface area contributed by atoms with Crippen LogP contribution < -0.4 is 5.32 Å². The van der Waals surface area contributed by atoms with Gasteiger partial charge in [-0.3, -0.25) is 0 Å². The molecular weight excluding hydrogens is 234 g/mol. The van der Waals surface area contributed by atoms with Crippen molar-refractivity contribution in [2.75, 3.05) is 5.32 Å². The van der Waals surface area contributed by atoms with Crippen LogP contribution >= 0.6 is 0 Å². The third-order valence-corrected chi connectivity index (χ3v) is 2.94. The number of nitrogens with zero attached hydrogens (tertiary/aromatic N) is 2. The van der Waals surface area contributed by atoms with E-state index in [-0.39, 0.29) is 0 Å². The van der Waals surface area contributed by atoms with E-state index >= 15 is 0 Å². The van der Waals surface area contributed by atoms with Gasteiger partial charge in [0.25, 0.3) is 0 Å². The summed E-state index contributed by atoms with van der Waals surface area (Å²) < 4.78 is 0. The Kier molecular flexibility index (Phi) is 2.83. The summed E-state index contributed by atoms with van der Waals surface area (Å²) in [6.45, 7) is 0. The third-order valence-electron chi connectivity index (χ3n) is 2.94. The Balaban J connectivity index is 2.04. The van der Waals surface area contributed by atoms with Crippen LogP contribution in [-0.4, -0.2) is 4.98 Å². The predicted molar refractivity (Wildman–Crippen MR) is 76.2 cm³/mol. The van der Waals surface area contributed by atoms with E-state index in [0.717, 1.165) is 16.8 Å². The highest BCUT2D eigenvalue weighted by Gasteiger charge is 2.01. The third kappa shape index (κ3) is 2.24. The molecule has 0 atom stereocenters. The Morgan fingerprint density at radius 1 is 1.00 bits per heavy atom. The zero-order valence-electron chi connectivity index (χ0n) is 10.2. The number of aromatic nitrogens is 1. The molecule has 0 fully saturated rings. The zero-order chi connectivity index (χ0) is 13.1. The molecule has 1 heterocycles. The van der Waals surface area contributed by atoms with Gasteiger partial charge in [-0.05, 0) is 23.6 Å². The lowest BCUT2D eigenvalue weighted by Gasteiger charge is -2.09. The summed E-state index contributed by atoms with van der Waals surface area (Å²) in [5, 5.41) is 14.5. The maximum Gasteiger partial charge on any atom is 0.142 e. The Morgan fingerprint density at radius 3 is 2.74 bits per heavy atom. The topological polar surface area (TPSA) is 48.7 Å². The predicted octanol–water partition coefficient (Wildman–Crippen LogP) is 3.85. The summed E-state index contributed by atoms with van der Waals surface area (Å²) in [6.07, 6.45) is 1.63. The maximum atomic E-state index is 8.86. The fourth-order valence-electron chi connectivity index (χ4n) is 2.06. The average Bonchev–Trinajstić information content (AvgIpc) is 2.48. The number of anilines is 2. The number of benzene rings is 2. The minimum Gasteiger partial charge on any atom is -0.355 e. The Hall–Kier alpha value is -2.86. The second-order valence-electron chi connectivity index (χ2n) is 4.19. The van der Waals surface area contributed by atoms with E-state index in [0.29, 0.717) is 5.69 Å². The number of hydrogen-bond donors (Lipinski definition) is 1. The summed E-state index contributed by atoms with van der Waals surface area (Å²) in [7, 11) is 0. The number of nitrogens with one attached hydrogen (secondary N) is 1. The van der Waals surface area contributed by atoms with Crippen molar-refractivity contribution < 1.29 is 0 Å². The van der Waals surface area contributed by atoms with Gasteiger partial charge < -0.3 is 5.32 Å². The van der Waals surface area contributed by atoms with Crippen LogP contribution in [0.1, 0.15) is 5.69 Å². The van der Waals surface area contributed by atoms with Crippen LogP contribution in [0.15, 0.2) is 60.8 Å². The van der Waals surface area contributed by atoms with E-state index in [1.807, 2.05) is 36.4 Å². The molecule has 3 heteroatoms. The molecule has 0 aliphatic rings. The fourth-order valence-corrected chi connectivity index (χ4v) is 2.06. The molecule has 90 valence electrons. The summed E-state index contributed by atoms with van der Waals surface area (Å²) >= 11 is 0. The quantitative estimate of drug-likeness (QED) is 0.746. The number of hydrogen-bond acceptors (Lipinski definition) is 3. The van der Waals surface area contributed by atoms with Gasteiger partial charge in [-0.1, -0.05) is 36.4 Å². The van der Waals surface area contributed by atoms with Crippen LogP contribution in [0.4, 0.5) is 11.4 Å². The lowest BCUT2D eigenvalue weighted by atomic mass is 10.1. The van der Waals surface area contributed by atoms with Crippen LogP contribution in [0.2, 0.25) is 0 Å².